The fraction of sp³-hybridized carbons (Fsp3) is 0.700. The van der Waals surface area contributed by atoms with E-state index >= 15 is 0 Å². The van der Waals surface area contributed by atoms with Crippen LogP contribution < -0.4 is 16.0 Å². The molecule has 3 fully saturated rings. The van der Waals surface area contributed by atoms with Crippen LogP contribution in [0.2, 0.25) is 0 Å². The van der Waals surface area contributed by atoms with Crippen molar-refractivity contribution in [2.45, 2.75) is 56.8 Å². The van der Waals surface area contributed by atoms with Gasteiger partial charge in [-0.25, -0.2) is 0 Å². The summed E-state index contributed by atoms with van der Waals surface area (Å²) in [5.74, 6) is -1.24. The van der Waals surface area contributed by atoms with E-state index in [1.54, 1.807) is 18.2 Å². The largest absolute Gasteiger partial charge is 0.379 e. The number of unbranched alkanes of at least 4 members (excludes halogenated alkanes) is 3. The molecule has 42 heavy (non-hydrogen) atoms. The van der Waals surface area contributed by atoms with Crippen molar-refractivity contribution in [2.75, 3.05) is 79.1 Å². The highest BCUT2D eigenvalue weighted by Gasteiger charge is 2.25. The summed E-state index contributed by atoms with van der Waals surface area (Å²) in [7, 11) is 0. The number of hydrogen-bond donors (Lipinski definition) is 3. The molecule has 3 aliphatic heterocycles. The van der Waals surface area contributed by atoms with Gasteiger partial charge in [-0.3, -0.25) is 14.4 Å². The third kappa shape index (κ3) is 12.7. The molecule has 0 saturated carbocycles. The smallest absolute Gasteiger partial charge is 0.252 e. The van der Waals surface area contributed by atoms with Crippen LogP contribution in [-0.4, -0.2) is 115 Å². The Balaban J connectivity index is 1.25. The van der Waals surface area contributed by atoms with Gasteiger partial charge in [0.2, 0.25) is 0 Å². The molecule has 3 saturated heterocycles. The molecule has 0 aromatic heterocycles. The number of amides is 3. The van der Waals surface area contributed by atoms with Crippen LogP contribution in [0.25, 0.3) is 0 Å². The molecular weight excluding hydrogens is 546 g/mol. The van der Waals surface area contributed by atoms with Crippen LogP contribution in [-0.2, 0) is 28.4 Å². The Labute approximate surface area is 247 Å². The second kappa shape index (κ2) is 18.1. The lowest BCUT2D eigenvalue weighted by molar-refractivity contribution is 0.0899. The van der Waals surface area contributed by atoms with E-state index in [1.165, 1.54) is 0 Å². The summed E-state index contributed by atoms with van der Waals surface area (Å²) < 4.78 is 32.0. The average molecular weight is 592 g/mol. The van der Waals surface area contributed by atoms with Crippen molar-refractivity contribution < 1.29 is 42.8 Å². The first-order valence-corrected chi connectivity index (χ1v) is 15.2. The molecule has 1 aromatic carbocycles. The molecule has 3 atom stereocenters. The molecule has 3 N–H and O–H groups in total. The van der Waals surface area contributed by atoms with E-state index in [2.05, 4.69) is 16.0 Å². The van der Waals surface area contributed by atoms with Crippen LogP contribution in [0.1, 0.15) is 69.6 Å². The Kier molecular flexibility index (Phi) is 14.0. The van der Waals surface area contributed by atoms with Crippen molar-refractivity contribution in [3.05, 3.63) is 34.9 Å². The van der Waals surface area contributed by atoms with E-state index < -0.39 is 17.7 Å². The lowest BCUT2D eigenvalue weighted by Gasteiger charge is -2.15. The number of rotatable bonds is 24. The topological polar surface area (TPSA) is 153 Å². The van der Waals surface area contributed by atoms with Gasteiger partial charge in [-0.1, -0.05) is 6.07 Å². The van der Waals surface area contributed by atoms with Crippen LogP contribution in [0.4, 0.5) is 0 Å². The molecule has 12 nitrogen and oxygen atoms in total. The normalized spacial score (nSPS) is 20.1. The maximum absolute atomic E-state index is 13.3. The van der Waals surface area contributed by atoms with E-state index in [0.29, 0.717) is 65.7 Å². The molecule has 1 aromatic rings. The molecule has 4 rings (SSSR count). The van der Waals surface area contributed by atoms with Crippen LogP contribution in [0.15, 0.2) is 18.2 Å². The minimum Gasteiger partial charge on any atom is -0.379 e. The SMILES string of the molecule is O=C(NCCCCOCC1CO1)c1cccc(C(=O)NCCCCOCC2CO2)c1C(=O)NCCCCOCC1CO1. The highest BCUT2D eigenvalue weighted by Crippen LogP contribution is 2.17. The lowest BCUT2D eigenvalue weighted by Crippen LogP contribution is -2.34. The summed E-state index contributed by atoms with van der Waals surface area (Å²) in [6.07, 6.45) is 5.21. The first kappa shape index (κ1) is 32.3. The maximum Gasteiger partial charge on any atom is 0.252 e. The summed E-state index contributed by atoms with van der Waals surface area (Å²) in [5.41, 5.74) is 0.423. The molecule has 3 heterocycles. The quantitative estimate of drug-likeness (QED) is 0.120. The van der Waals surface area contributed by atoms with Crippen molar-refractivity contribution in [3.8, 4) is 0 Å². The third-order valence-electron chi connectivity index (χ3n) is 6.90. The van der Waals surface area contributed by atoms with Crippen molar-refractivity contribution in [3.63, 3.8) is 0 Å². The number of ether oxygens (including phenoxy) is 6. The molecule has 234 valence electrons. The minimum absolute atomic E-state index is 0.0789. The van der Waals surface area contributed by atoms with Crippen molar-refractivity contribution in [1.82, 2.24) is 16.0 Å². The van der Waals surface area contributed by atoms with Gasteiger partial charge in [0, 0.05) is 39.5 Å². The van der Waals surface area contributed by atoms with Crippen molar-refractivity contribution in [1.29, 1.82) is 0 Å². The molecule has 0 bridgehead atoms. The number of nitrogens with one attached hydrogen (secondary N) is 3. The molecule has 0 aliphatic carbocycles. The van der Waals surface area contributed by atoms with E-state index in [-0.39, 0.29) is 35.0 Å². The summed E-state index contributed by atoms with van der Waals surface area (Å²) in [6.45, 7) is 7.13. The highest BCUT2D eigenvalue weighted by molar-refractivity contribution is 6.14. The maximum atomic E-state index is 13.3. The highest BCUT2D eigenvalue weighted by atomic mass is 16.6. The number of epoxide rings is 3. The standard InChI is InChI=1S/C30H45N3O9/c34-28(31-10-1-4-13-37-16-22-19-40-22)25-8-7-9-26(29(35)32-11-2-5-14-38-17-23-20-41-23)27(25)30(36)33-12-3-6-15-39-18-24-21-42-24/h7-9,22-24H,1-6,10-21H2,(H,31,34)(H,32,35)(H,33,36). The number of carbonyl (C=O) groups is 3. The summed E-state index contributed by atoms with van der Waals surface area (Å²) in [4.78, 5) is 39.6. The number of carbonyl (C=O) groups excluding carboxylic acids is 3. The Bertz CT molecular complexity index is 940. The van der Waals surface area contributed by atoms with Crippen LogP contribution in [0.5, 0.6) is 0 Å². The Morgan fingerprint density at radius 2 is 0.952 bits per heavy atom. The fourth-order valence-electron chi connectivity index (χ4n) is 4.18. The number of hydrogen-bond acceptors (Lipinski definition) is 9. The Hall–Kier alpha value is -2.61. The zero-order valence-corrected chi connectivity index (χ0v) is 24.4. The fourth-order valence-corrected chi connectivity index (χ4v) is 4.18. The zero-order valence-electron chi connectivity index (χ0n) is 24.4. The molecular formula is C30H45N3O9. The minimum atomic E-state index is -0.454. The van der Waals surface area contributed by atoms with E-state index in [4.69, 9.17) is 28.4 Å². The average Bonchev–Trinajstić information content (AvgIpc) is 3.84. The molecule has 0 radical (unpaired) electrons. The second-order valence-electron chi connectivity index (χ2n) is 10.7. The van der Waals surface area contributed by atoms with Crippen LogP contribution >= 0.6 is 0 Å². The van der Waals surface area contributed by atoms with Gasteiger partial charge in [-0.05, 0) is 50.7 Å². The first-order valence-electron chi connectivity index (χ1n) is 15.2. The summed E-state index contributed by atoms with van der Waals surface area (Å²) in [5, 5.41) is 8.64. The van der Waals surface area contributed by atoms with Gasteiger partial charge < -0.3 is 44.4 Å². The predicted octanol–water partition coefficient (Wildman–Crippen LogP) is 1.46. The second-order valence-corrected chi connectivity index (χ2v) is 10.7. The predicted molar refractivity (Wildman–Crippen MR) is 153 cm³/mol. The van der Waals surface area contributed by atoms with Gasteiger partial charge in [0.25, 0.3) is 17.7 Å². The van der Waals surface area contributed by atoms with Gasteiger partial charge in [0.1, 0.15) is 18.3 Å². The van der Waals surface area contributed by atoms with Gasteiger partial charge in [-0.15, -0.1) is 0 Å². The molecule has 12 heteroatoms. The van der Waals surface area contributed by atoms with Gasteiger partial charge in [0.15, 0.2) is 0 Å². The van der Waals surface area contributed by atoms with E-state index in [1.807, 2.05) is 0 Å². The van der Waals surface area contributed by atoms with Crippen molar-refractivity contribution >= 4 is 17.7 Å². The molecule has 3 unspecified atom stereocenters. The Morgan fingerprint density at radius 3 is 1.31 bits per heavy atom. The Morgan fingerprint density at radius 1 is 0.595 bits per heavy atom. The third-order valence-corrected chi connectivity index (χ3v) is 6.90. The monoisotopic (exact) mass is 591 g/mol. The van der Waals surface area contributed by atoms with Crippen LogP contribution in [0.3, 0.4) is 0 Å². The lowest BCUT2D eigenvalue weighted by atomic mass is 9.98. The van der Waals surface area contributed by atoms with Crippen LogP contribution in [0, 0.1) is 0 Å². The van der Waals surface area contributed by atoms with E-state index in [9.17, 15) is 14.4 Å². The van der Waals surface area contributed by atoms with Gasteiger partial charge >= 0.3 is 0 Å². The van der Waals surface area contributed by atoms with Crippen molar-refractivity contribution in [2.24, 2.45) is 0 Å². The summed E-state index contributed by atoms with van der Waals surface area (Å²) in [6, 6.07) is 4.78. The molecule has 0 spiro atoms. The molecule has 3 aliphatic rings. The first-order chi connectivity index (χ1) is 20.6. The number of benzene rings is 1. The summed E-state index contributed by atoms with van der Waals surface area (Å²) >= 11 is 0. The van der Waals surface area contributed by atoms with Gasteiger partial charge in [-0.2, -0.15) is 0 Å². The van der Waals surface area contributed by atoms with Gasteiger partial charge in [0.05, 0.1) is 56.3 Å². The molecule has 3 amide bonds. The zero-order chi connectivity index (χ0) is 29.4. The van der Waals surface area contributed by atoms with E-state index in [0.717, 1.165) is 51.9 Å².